The van der Waals surface area contributed by atoms with E-state index < -0.39 is 0 Å². The van der Waals surface area contributed by atoms with E-state index in [0.29, 0.717) is 0 Å². The van der Waals surface area contributed by atoms with Gasteiger partial charge in [-0.1, -0.05) is 11.8 Å². The van der Waals surface area contributed by atoms with Crippen LogP contribution in [-0.2, 0) is 0 Å². The molecule has 1 aliphatic rings. The van der Waals surface area contributed by atoms with Gasteiger partial charge in [-0.2, -0.15) is 9.78 Å². The van der Waals surface area contributed by atoms with Gasteiger partial charge in [-0.3, -0.25) is 0 Å². The Bertz CT molecular complexity index is 277. The summed E-state index contributed by atoms with van der Waals surface area (Å²) in [6, 6.07) is 0. The molecule has 4 nitrogen and oxygen atoms in total. The molecule has 0 amide bonds. The highest BCUT2D eigenvalue weighted by atomic mass is 32.2. The van der Waals surface area contributed by atoms with Crippen LogP contribution in [0.4, 0.5) is 0 Å². The van der Waals surface area contributed by atoms with Gasteiger partial charge >= 0.3 is 0 Å². The second-order valence-electron chi connectivity index (χ2n) is 2.08. The lowest BCUT2D eigenvalue weighted by atomic mass is 10.5. The lowest BCUT2D eigenvalue weighted by Crippen LogP contribution is -2.06. The molecule has 0 aromatic carbocycles. The van der Waals surface area contributed by atoms with Crippen molar-refractivity contribution in [2.75, 3.05) is 5.75 Å². The van der Waals surface area contributed by atoms with Gasteiger partial charge in [0.2, 0.25) is 5.16 Å². The van der Waals surface area contributed by atoms with E-state index in [4.69, 9.17) is 0 Å². The Morgan fingerprint density at radius 3 is 3.50 bits per heavy atom. The number of rotatable bonds is 0. The Kier molecular flexibility index (Phi) is 1.23. The largest absolute Gasteiger partial charge is 0.212 e. The molecule has 1 aliphatic heterocycles. The number of nitrogens with zero attached hydrogens (tertiary/aromatic N) is 4. The summed E-state index contributed by atoms with van der Waals surface area (Å²) in [4.78, 5) is 0. The number of hydrogen-bond acceptors (Lipinski definition) is 4. The Balaban J connectivity index is 2.50. The maximum Gasteiger partial charge on any atom is 0.212 e. The van der Waals surface area contributed by atoms with Crippen molar-refractivity contribution < 1.29 is 0 Å². The molecule has 1 aromatic heterocycles. The molecule has 1 aromatic rings. The van der Waals surface area contributed by atoms with E-state index >= 15 is 0 Å². The average molecular weight is 154 g/mol. The lowest BCUT2D eigenvalue weighted by molar-refractivity contribution is 0.755. The molecule has 0 atom stereocenters. The fourth-order valence-electron chi connectivity index (χ4n) is 0.765. The van der Waals surface area contributed by atoms with Crippen LogP contribution >= 0.6 is 11.8 Å². The highest BCUT2D eigenvalue weighted by Gasteiger charge is 2.09. The predicted molar refractivity (Wildman–Crippen MR) is 39.3 cm³/mol. The second kappa shape index (κ2) is 2.09. The van der Waals surface area contributed by atoms with Gasteiger partial charge in [0.15, 0.2) is 0 Å². The molecule has 0 unspecified atom stereocenters. The monoisotopic (exact) mass is 154 g/mol. The molecule has 52 valence electrons. The van der Waals surface area contributed by atoms with Crippen molar-refractivity contribution in [3.05, 3.63) is 6.33 Å². The van der Waals surface area contributed by atoms with Gasteiger partial charge < -0.3 is 0 Å². The van der Waals surface area contributed by atoms with E-state index in [-0.39, 0.29) is 0 Å². The van der Waals surface area contributed by atoms with Crippen LogP contribution in [0.3, 0.4) is 0 Å². The molecule has 0 fully saturated rings. The maximum absolute atomic E-state index is 4.19. The first-order valence-corrected chi connectivity index (χ1v) is 3.92. The summed E-state index contributed by atoms with van der Waals surface area (Å²) >= 11 is 1.66. The quantitative estimate of drug-likeness (QED) is 0.549. The molecule has 10 heavy (non-hydrogen) atoms. The molecule has 0 radical (unpaired) electrons. The van der Waals surface area contributed by atoms with Crippen molar-refractivity contribution >= 4 is 17.5 Å². The lowest BCUT2D eigenvalue weighted by Gasteiger charge is -2.06. The van der Waals surface area contributed by atoms with Crippen molar-refractivity contribution in [1.29, 1.82) is 0 Å². The third kappa shape index (κ3) is 0.824. The molecule has 0 N–H and O–H groups in total. The number of fused-ring (bicyclic) bond motifs is 1. The van der Waals surface area contributed by atoms with Gasteiger partial charge in [0.25, 0.3) is 0 Å². The van der Waals surface area contributed by atoms with E-state index in [1.54, 1.807) is 22.8 Å². The summed E-state index contributed by atoms with van der Waals surface area (Å²) in [5, 5.41) is 12.7. The fourth-order valence-corrected chi connectivity index (χ4v) is 1.49. The van der Waals surface area contributed by atoms with Crippen LogP contribution in [-0.4, -0.2) is 26.3 Å². The van der Waals surface area contributed by atoms with Gasteiger partial charge in [0.1, 0.15) is 6.33 Å². The zero-order chi connectivity index (χ0) is 6.97. The molecule has 5 heteroatoms. The van der Waals surface area contributed by atoms with E-state index in [2.05, 4.69) is 15.3 Å². The van der Waals surface area contributed by atoms with E-state index in [1.807, 2.05) is 6.92 Å². The van der Waals surface area contributed by atoms with Crippen LogP contribution in [0.5, 0.6) is 0 Å². The molecular formula is C5H6N4S. The average Bonchev–Trinajstić information content (AvgIpc) is 2.33. The first-order valence-electron chi connectivity index (χ1n) is 2.93. The number of thioether (sulfide) groups is 1. The van der Waals surface area contributed by atoms with Gasteiger partial charge in [0, 0.05) is 11.5 Å². The molecule has 2 rings (SSSR count). The zero-order valence-corrected chi connectivity index (χ0v) is 6.30. The molecule has 0 spiro atoms. The summed E-state index contributed by atoms with van der Waals surface area (Å²) in [5.41, 5.74) is 1.11. The van der Waals surface area contributed by atoms with Crippen LogP contribution in [0.15, 0.2) is 16.6 Å². The molecule has 0 aliphatic carbocycles. The smallest absolute Gasteiger partial charge is 0.195 e. The van der Waals surface area contributed by atoms with Gasteiger partial charge in [0.05, 0.1) is 0 Å². The molecule has 0 saturated carbocycles. The standard InChI is InChI=1S/C5H6N4S/c1-4-2-10-5-7-6-3-9(5)8-4/h3H,2H2,1H3. The molecular weight excluding hydrogens is 148 g/mol. The van der Waals surface area contributed by atoms with Crippen molar-refractivity contribution in [3.8, 4) is 0 Å². The van der Waals surface area contributed by atoms with E-state index in [0.717, 1.165) is 16.6 Å². The highest BCUT2D eigenvalue weighted by Crippen LogP contribution is 2.18. The van der Waals surface area contributed by atoms with Crippen LogP contribution in [0, 0.1) is 0 Å². The molecule has 2 heterocycles. The van der Waals surface area contributed by atoms with Gasteiger partial charge in [-0.25, -0.2) is 0 Å². The summed E-state index contributed by atoms with van der Waals surface area (Å²) in [6.45, 7) is 2.00. The van der Waals surface area contributed by atoms with Crippen LogP contribution in [0.25, 0.3) is 0 Å². The van der Waals surface area contributed by atoms with Crippen LogP contribution in [0.2, 0.25) is 0 Å². The maximum atomic E-state index is 4.19. The minimum atomic E-state index is 0.880. The normalized spacial score (nSPS) is 16.3. The number of aromatic nitrogens is 3. The summed E-state index contributed by atoms with van der Waals surface area (Å²) < 4.78 is 1.70. The third-order valence-electron chi connectivity index (χ3n) is 1.19. The Morgan fingerprint density at radius 2 is 2.60 bits per heavy atom. The van der Waals surface area contributed by atoms with E-state index in [9.17, 15) is 0 Å². The second-order valence-corrected chi connectivity index (χ2v) is 3.02. The zero-order valence-electron chi connectivity index (χ0n) is 5.48. The third-order valence-corrected chi connectivity index (χ3v) is 2.28. The van der Waals surface area contributed by atoms with Crippen LogP contribution < -0.4 is 0 Å². The van der Waals surface area contributed by atoms with Crippen molar-refractivity contribution in [2.45, 2.75) is 12.1 Å². The van der Waals surface area contributed by atoms with Gasteiger partial charge in [-0.15, -0.1) is 10.2 Å². The number of hydrogen-bond donors (Lipinski definition) is 0. The van der Waals surface area contributed by atoms with Crippen molar-refractivity contribution in [1.82, 2.24) is 14.9 Å². The Labute approximate surface area is 62.3 Å². The molecule has 0 bridgehead atoms. The fraction of sp³-hybridized carbons (Fsp3) is 0.400. The van der Waals surface area contributed by atoms with E-state index in [1.165, 1.54) is 0 Å². The summed E-state index contributed by atoms with van der Waals surface area (Å²) in [7, 11) is 0. The first-order chi connectivity index (χ1) is 4.86. The van der Waals surface area contributed by atoms with Gasteiger partial charge in [-0.05, 0) is 6.92 Å². The van der Waals surface area contributed by atoms with Crippen molar-refractivity contribution in [2.24, 2.45) is 5.10 Å². The minimum Gasteiger partial charge on any atom is -0.195 e. The van der Waals surface area contributed by atoms with Crippen molar-refractivity contribution in [3.63, 3.8) is 0 Å². The SMILES string of the molecule is CC1=Nn2cnnc2SC1. The minimum absolute atomic E-state index is 0.880. The molecule has 0 saturated heterocycles. The first kappa shape index (κ1) is 5.91. The van der Waals surface area contributed by atoms with Crippen LogP contribution in [0.1, 0.15) is 6.92 Å². The predicted octanol–water partition coefficient (Wildman–Crippen LogP) is 0.608. The highest BCUT2D eigenvalue weighted by molar-refractivity contribution is 7.99. The Hall–Kier alpha value is -0.840. The topological polar surface area (TPSA) is 43.1 Å². The summed E-state index contributed by atoms with van der Waals surface area (Å²) in [6.07, 6.45) is 1.62. The Morgan fingerprint density at radius 1 is 1.70 bits per heavy atom. The summed E-state index contributed by atoms with van der Waals surface area (Å²) in [5.74, 6) is 0.929.